The van der Waals surface area contributed by atoms with Gasteiger partial charge in [-0.15, -0.1) is 0 Å². The van der Waals surface area contributed by atoms with Crippen LogP contribution in [0.2, 0.25) is 0 Å². The van der Waals surface area contributed by atoms with Crippen molar-refractivity contribution in [2.24, 2.45) is 7.05 Å². The highest BCUT2D eigenvalue weighted by molar-refractivity contribution is 5.42. The molecule has 2 aromatic heterocycles. The Bertz CT molecular complexity index is 617. The average molecular weight is 303 g/mol. The zero-order chi connectivity index (χ0) is 15.7. The number of nitrogens with zero attached hydrogens (tertiary/aromatic N) is 5. The van der Waals surface area contributed by atoms with Gasteiger partial charge in [-0.25, -0.2) is 4.98 Å². The van der Waals surface area contributed by atoms with Gasteiger partial charge in [-0.3, -0.25) is 9.58 Å². The highest BCUT2D eigenvalue weighted by Gasteiger charge is 2.22. The highest BCUT2D eigenvalue weighted by atomic mass is 16.3. The van der Waals surface area contributed by atoms with E-state index in [9.17, 15) is 0 Å². The van der Waals surface area contributed by atoms with Crippen LogP contribution in [0.15, 0.2) is 23.1 Å². The first-order chi connectivity index (χ1) is 10.4. The van der Waals surface area contributed by atoms with E-state index in [-0.39, 0.29) is 5.41 Å². The van der Waals surface area contributed by atoms with Gasteiger partial charge in [-0.2, -0.15) is 5.10 Å². The Morgan fingerprint density at radius 1 is 1.18 bits per heavy atom. The van der Waals surface area contributed by atoms with Gasteiger partial charge in [0, 0.05) is 44.8 Å². The number of piperazine rings is 1. The second kappa shape index (κ2) is 5.76. The number of anilines is 1. The summed E-state index contributed by atoms with van der Waals surface area (Å²) in [5.41, 5.74) is 2.27. The number of aromatic nitrogens is 3. The van der Waals surface area contributed by atoms with Crippen LogP contribution in [0.25, 0.3) is 0 Å². The van der Waals surface area contributed by atoms with Crippen molar-refractivity contribution >= 4 is 5.69 Å². The molecule has 2 aromatic rings. The molecule has 22 heavy (non-hydrogen) atoms. The third kappa shape index (κ3) is 3.32. The number of rotatable bonds is 3. The fraction of sp³-hybridized carbons (Fsp3) is 0.625. The van der Waals surface area contributed by atoms with E-state index < -0.39 is 0 Å². The van der Waals surface area contributed by atoms with Gasteiger partial charge in [0.1, 0.15) is 6.26 Å². The van der Waals surface area contributed by atoms with Crippen LogP contribution in [0.4, 0.5) is 5.69 Å². The van der Waals surface area contributed by atoms with E-state index in [1.54, 1.807) is 6.26 Å². The molecular weight excluding hydrogens is 278 g/mol. The molecule has 6 heteroatoms. The Kier molecular flexibility index (Phi) is 3.95. The molecule has 0 spiro atoms. The minimum atomic E-state index is 0.0424. The summed E-state index contributed by atoms with van der Waals surface area (Å²) in [4.78, 5) is 9.39. The minimum Gasteiger partial charge on any atom is -0.447 e. The normalized spacial score (nSPS) is 17.2. The molecule has 0 unspecified atom stereocenters. The van der Waals surface area contributed by atoms with Crippen molar-refractivity contribution in [3.63, 3.8) is 0 Å². The molecule has 0 N–H and O–H groups in total. The third-order valence-corrected chi connectivity index (χ3v) is 4.11. The van der Waals surface area contributed by atoms with E-state index in [1.807, 2.05) is 17.9 Å². The third-order valence-electron chi connectivity index (χ3n) is 4.11. The first-order valence-electron chi connectivity index (χ1n) is 7.82. The fourth-order valence-electron chi connectivity index (χ4n) is 2.66. The van der Waals surface area contributed by atoms with Crippen LogP contribution in [0.3, 0.4) is 0 Å². The Hall–Kier alpha value is -1.82. The maximum Gasteiger partial charge on any atom is 0.208 e. The summed E-state index contributed by atoms with van der Waals surface area (Å²) in [5.74, 6) is 0.819. The average Bonchev–Trinajstić information content (AvgIpc) is 3.08. The first-order valence-corrected chi connectivity index (χ1v) is 7.82. The predicted molar refractivity (Wildman–Crippen MR) is 85.9 cm³/mol. The molecule has 0 saturated carbocycles. The van der Waals surface area contributed by atoms with Gasteiger partial charge in [0.05, 0.1) is 24.1 Å². The summed E-state index contributed by atoms with van der Waals surface area (Å²) in [6.07, 6.45) is 5.79. The topological polar surface area (TPSA) is 50.3 Å². The van der Waals surface area contributed by atoms with E-state index in [4.69, 9.17) is 4.42 Å². The van der Waals surface area contributed by atoms with Gasteiger partial charge < -0.3 is 9.32 Å². The lowest BCUT2D eigenvalue weighted by molar-refractivity contribution is 0.226. The zero-order valence-corrected chi connectivity index (χ0v) is 13.9. The lowest BCUT2D eigenvalue weighted by Crippen LogP contribution is -2.45. The SMILES string of the molecule is Cn1cc(N2CCN(Cc3nc(C(C)(C)C)co3)CC2)cn1. The highest BCUT2D eigenvalue weighted by Crippen LogP contribution is 2.22. The molecular formula is C16H25N5O. The Morgan fingerprint density at radius 2 is 1.91 bits per heavy atom. The van der Waals surface area contributed by atoms with Crippen molar-refractivity contribution < 1.29 is 4.42 Å². The molecule has 120 valence electrons. The zero-order valence-electron chi connectivity index (χ0n) is 13.9. The molecule has 3 heterocycles. The van der Waals surface area contributed by atoms with E-state index in [2.05, 4.69) is 46.9 Å². The van der Waals surface area contributed by atoms with Crippen molar-refractivity contribution in [1.29, 1.82) is 0 Å². The van der Waals surface area contributed by atoms with Gasteiger partial charge in [0.25, 0.3) is 0 Å². The van der Waals surface area contributed by atoms with Crippen LogP contribution < -0.4 is 4.90 Å². The minimum absolute atomic E-state index is 0.0424. The van der Waals surface area contributed by atoms with Crippen molar-refractivity contribution in [2.75, 3.05) is 31.1 Å². The van der Waals surface area contributed by atoms with Crippen LogP contribution >= 0.6 is 0 Å². The van der Waals surface area contributed by atoms with Gasteiger partial charge in [-0.05, 0) is 0 Å². The lowest BCUT2D eigenvalue weighted by Gasteiger charge is -2.34. The molecule has 3 rings (SSSR count). The number of oxazole rings is 1. The first kappa shape index (κ1) is 15.1. The molecule has 1 aliphatic heterocycles. The van der Waals surface area contributed by atoms with Crippen LogP contribution in [0.1, 0.15) is 32.4 Å². The molecule has 0 amide bonds. The van der Waals surface area contributed by atoms with Gasteiger partial charge in [0.15, 0.2) is 0 Å². The van der Waals surface area contributed by atoms with Gasteiger partial charge >= 0.3 is 0 Å². The second-order valence-electron chi connectivity index (χ2n) is 7.01. The van der Waals surface area contributed by atoms with E-state index in [0.717, 1.165) is 44.3 Å². The summed E-state index contributed by atoms with van der Waals surface area (Å²) in [6, 6.07) is 0. The quantitative estimate of drug-likeness (QED) is 0.868. The van der Waals surface area contributed by atoms with Crippen molar-refractivity contribution in [3.8, 4) is 0 Å². The smallest absolute Gasteiger partial charge is 0.208 e. The van der Waals surface area contributed by atoms with Crippen molar-refractivity contribution in [1.82, 2.24) is 19.7 Å². The fourth-order valence-corrected chi connectivity index (χ4v) is 2.66. The number of hydrogen-bond donors (Lipinski definition) is 0. The van der Waals surface area contributed by atoms with Crippen molar-refractivity contribution in [3.05, 3.63) is 30.2 Å². The molecule has 0 bridgehead atoms. The monoisotopic (exact) mass is 303 g/mol. The second-order valence-corrected chi connectivity index (χ2v) is 7.01. The summed E-state index contributed by atoms with van der Waals surface area (Å²) >= 11 is 0. The van der Waals surface area contributed by atoms with Gasteiger partial charge in [0.2, 0.25) is 5.89 Å². The molecule has 1 saturated heterocycles. The van der Waals surface area contributed by atoms with Crippen LogP contribution in [-0.4, -0.2) is 45.8 Å². The summed E-state index contributed by atoms with van der Waals surface area (Å²) < 4.78 is 7.48. The Balaban J connectivity index is 1.55. The van der Waals surface area contributed by atoms with E-state index >= 15 is 0 Å². The van der Waals surface area contributed by atoms with Crippen molar-refractivity contribution in [2.45, 2.75) is 32.7 Å². The van der Waals surface area contributed by atoms with E-state index in [0.29, 0.717) is 0 Å². The maximum atomic E-state index is 5.63. The maximum absolute atomic E-state index is 5.63. The molecule has 1 aliphatic rings. The lowest BCUT2D eigenvalue weighted by atomic mass is 9.93. The summed E-state index contributed by atoms with van der Waals surface area (Å²) in [6.45, 7) is 11.3. The molecule has 0 aromatic carbocycles. The Morgan fingerprint density at radius 3 is 2.45 bits per heavy atom. The molecule has 6 nitrogen and oxygen atoms in total. The van der Waals surface area contributed by atoms with Crippen LogP contribution in [0, 0.1) is 0 Å². The predicted octanol–water partition coefficient (Wildman–Crippen LogP) is 2.03. The summed E-state index contributed by atoms with van der Waals surface area (Å²) in [5, 5.41) is 4.24. The van der Waals surface area contributed by atoms with Gasteiger partial charge in [-0.1, -0.05) is 20.8 Å². The van der Waals surface area contributed by atoms with Crippen LogP contribution in [-0.2, 0) is 19.0 Å². The standard InChI is InChI=1S/C16H25N5O/c1-16(2,3)14-12-22-15(18-14)11-20-5-7-21(8-6-20)13-9-17-19(4)10-13/h9-10,12H,5-8,11H2,1-4H3. The van der Waals surface area contributed by atoms with Crippen LogP contribution in [0.5, 0.6) is 0 Å². The molecule has 0 aliphatic carbocycles. The number of hydrogen-bond acceptors (Lipinski definition) is 5. The van der Waals surface area contributed by atoms with E-state index in [1.165, 1.54) is 5.69 Å². The largest absolute Gasteiger partial charge is 0.447 e. The molecule has 0 radical (unpaired) electrons. The molecule has 1 fully saturated rings. The number of aryl methyl sites for hydroxylation is 1. The summed E-state index contributed by atoms with van der Waals surface area (Å²) in [7, 11) is 1.95. The molecule has 0 atom stereocenters. The Labute approximate surface area is 131 Å².